The average molecular weight is 154 g/mol. The van der Waals surface area contributed by atoms with Crippen LogP contribution in [0, 0.1) is 12.7 Å². The Hall–Kier alpha value is -1.05. The van der Waals surface area contributed by atoms with Crippen molar-refractivity contribution in [2.24, 2.45) is 0 Å². The Balaban J connectivity index is 3.25. The van der Waals surface area contributed by atoms with Gasteiger partial charge in [0.2, 0.25) is 0 Å². The van der Waals surface area contributed by atoms with Gasteiger partial charge in [0.25, 0.3) is 0 Å². The molecule has 11 heavy (non-hydrogen) atoms. The summed E-state index contributed by atoms with van der Waals surface area (Å²) in [6.45, 7) is 3.72. The molecule has 1 aromatic carbocycles. The van der Waals surface area contributed by atoms with E-state index in [9.17, 15) is 9.50 Å². The number of aryl methyl sites for hydroxylation is 1. The predicted molar refractivity (Wildman–Crippen MR) is 42.2 cm³/mol. The van der Waals surface area contributed by atoms with Crippen molar-refractivity contribution >= 4 is 0 Å². The molecule has 0 spiro atoms. The Labute approximate surface area is 65.5 Å². The number of aromatic hydroxyl groups is 1. The van der Waals surface area contributed by atoms with E-state index in [2.05, 4.69) is 0 Å². The molecule has 0 heterocycles. The van der Waals surface area contributed by atoms with E-state index >= 15 is 0 Å². The van der Waals surface area contributed by atoms with Crippen LogP contribution in [-0.2, 0) is 6.42 Å². The van der Waals surface area contributed by atoms with E-state index in [-0.39, 0.29) is 11.6 Å². The molecule has 2 heteroatoms. The van der Waals surface area contributed by atoms with Gasteiger partial charge >= 0.3 is 0 Å². The van der Waals surface area contributed by atoms with Crippen molar-refractivity contribution in [2.75, 3.05) is 0 Å². The molecule has 1 nitrogen and oxygen atoms in total. The van der Waals surface area contributed by atoms with Crippen LogP contribution in [0.25, 0.3) is 0 Å². The maximum absolute atomic E-state index is 12.6. The minimum atomic E-state index is -0.378. The van der Waals surface area contributed by atoms with Gasteiger partial charge in [-0.2, -0.15) is 0 Å². The molecule has 0 aromatic heterocycles. The molecule has 0 unspecified atom stereocenters. The Bertz CT molecular complexity index is 245. The van der Waals surface area contributed by atoms with E-state index in [1.165, 1.54) is 6.07 Å². The first kappa shape index (κ1) is 8.05. The molecule has 1 aromatic rings. The number of phenolic OH excluding ortho intramolecular Hbond substituents is 1. The van der Waals surface area contributed by atoms with E-state index in [0.717, 1.165) is 23.6 Å². The summed E-state index contributed by atoms with van der Waals surface area (Å²) in [6, 6.07) is 2.57. The zero-order valence-corrected chi connectivity index (χ0v) is 6.69. The largest absolute Gasteiger partial charge is 0.508 e. The van der Waals surface area contributed by atoms with Gasteiger partial charge in [0.05, 0.1) is 0 Å². The first-order valence-corrected chi connectivity index (χ1v) is 3.63. The topological polar surface area (TPSA) is 20.2 Å². The van der Waals surface area contributed by atoms with E-state index in [1.54, 1.807) is 6.92 Å². The van der Waals surface area contributed by atoms with Gasteiger partial charge in [-0.1, -0.05) is 6.92 Å². The lowest BCUT2D eigenvalue weighted by atomic mass is 10.1. The van der Waals surface area contributed by atoms with Crippen molar-refractivity contribution < 1.29 is 9.50 Å². The molecule has 60 valence electrons. The third kappa shape index (κ3) is 1.50. The number of benzene rings is 1. The van der Waals surface area contributed by atoms with Gasteiger partial charge < -0.3 is 5.11 Å². The van der Waals surface area contributed by atoms with Gasteiger partial charge in [0, 0.05) is 6.07 Å². The van der Waals surface area contributed by atoms with Gasteiger partial charge in [-0.05, 0) is 30.5 Å². The van der Waals surface area contributed by atoms with E-state index in [1.807, 2.05) is 6.92 Å². The number of halogens is 1. The van der Waals surface area contributed by atoms with Gasteiger partial charge in [-0.25, -0.2) is 4.39 Å². The van der Waals surface area contributed by atoms with Crippen molar-refractivity contribution in [2.45, 2.75) is 20.3 Å². The van der Waals surface area contributed by atoms with Crippen LogP contribution in [0.1, 0.15) is 18.1 Å². The molecule has 0 saturated heterocycles. The van der Waals surface area contributed by atoms with Crippen LogP contribution in [0.2, 0.25) is 0 Å². The first-order chi connectivity index (χ1) is 5.15. The second-order valence-corrected chi connectivity index (χ2v) is 2.57. The Morgan fingerprint density at radius 2 is 2.09 bits per heavy atom. The third-order valence-electron chi connectivity index (χ3n) is 1.77. The highest BCUT2D eigenvalue weighted by Crippen LogP contribution is 2.22. The smallest absolute Gasteiger partial charge is 0.127 e. The Kier molecular flexibility index (Phi) is 2.13. The Morgan fingerprint density at radius 1 is 1.45 bits per heavy atom. The van der Waals surface area contributed by atoms with E-state index in [0.29, 0.717) is 0 Å². The number of hydrogen-bond donors (Lipinski definition) is 1. The molecule has 0 atom stereocenters. The van der Waals surface area contributed by atoms with Crippen LogP contribution >= 0.6 is 0 Å². The number of rotatable bonds is 1. The van der Waals surface area contributed by atoms with Crippen LogP contribution in [0.4, 0.5) is 4.39 Å². The standard InChI is InChI=1S/C9H11FO/c1-3-8-6(2)4-7(10)5-9(8)11/h4-5,11H,3H2,1-2H3. The second-order valence-electron chi connectivity index (χ2n) is 2.57. The van der Waals surface area contributed by atoms with E-state index < -0.39 is 0 Å². The summed E-state index contributed by atoms with van der Waals surface area (Å²) in [6.07, 6.45) is 0.734. The Morgan fingerprint density at radius 3 is 2.55 bits per heavy atom. The van der Waals surface area contributed by atoms with Crippen LogP contribution in [0.3, 0.4) is 0 Å². The SMILES string of the molecule is CCc1c(C)cc(F)cc1O. The predicted octanol–water partition coefficient (Wildman–Crippen LogP) is 2.40. The highest BCUT2D eigenvalue weighted by Gasteiger charge is 2.04. The van der Waals surface area contributed by atoms with Gasteiger partial charge in [0.15, 0.2) is 0 Å². The second kappa shape index (κ2) is 2.91. The monoisotopic (exact) mass is 154 g/mol. The molecule has 0 aliphatic carbocycles. The molecule has 0 radical (unpaired) electrons. The highest BCUT2D eigenvalue weighted by molar-refractivity contribution is 5.38. The summed E-state index contributed by atoms with van der Waals surface area (Å²) >= 11 is 0. The average Bonchev–Trinajstić information content (AvgIpc) is 1.85. The molecule has 1 N–H and O–H groups in total. The summed E-state index contributed by atoms with van der Waals surface area (Å²) in [5.74, 6) is -0.317. The fraction of sp³-hybridized carbons (Fsp3) is 0.333. The molecular weight excluding hydrogens is 143 g/mol. The van der Waals surface area contributed by atoms with Crippen molar-refractivity contribution in [1.82, 2.24) is 0 Å². The maximum atomic E-state index is 12.6. The van der Waals surface area contributed by atoms with Crippen LogP contribution < -0.4 is 0 Å². The molecule has 0 aliphatic heterocycles. The van der Waals surface area contributed by atoms with Gasteiger partial charge in [0.1, 0.15) is 11.6 Å². The minimum Gasteiger partial charge on any atom is -0.508 e. The summed E-state index contributed by atoms with van der Waals surface area (Å²) in [5.41, 5.74) is 1.64. The summed E-state index contributed by atoms with van der Waals surface area (Å²) in [7, 11) is 0. The fourth-order valence-corrected chi connectivity index (χ4v) is 1.22. The highest BCUT2D eigenvalue weighted by atomic mass is 19.1. The number of hydrogen-bond acceptors (Lipinski definition) is 1. The maximum Gasteiger partial charge on any atom is 0.127 e. The van der Waals surface area contributed by atoms with E-state index in [4.69, 9.17) is 0 Å². The third-order valence-corrected chi connectivity index (χ3v) is 1.77. The molecular formula is C9H11FO. The van der Waals surface area contributed by atoms with Gasteiger partial charge in [-0.3, -0.25) is 0 Å². The lowest BCUT2D eigenvalue weighted by Gasteiger charge is -2.04. The van der Waals surface area contributed by atoms with Crippen LogP contribution in [-0.4, -0.2) is 5.11 Å². The van der Waals surface area contributed by atoms with Crippen molar-refractivity contribution in [3.63, 3.8) is 0 Å². The lowest BCUT2D eigenvalue weighted by molar-refractivity contribution is 0.461. The molecule has 0 fully saturated rings. The van der Waals surface area contributed by atoms with Gasteiger partial charge in [-0.15, -0.1) is 0 Å². The summed E-state index contributed by atoms with van der Waals surface area (Å²) in [4.78, 5) is 0. The van der Waals surface area contributed by atoms with Crippen molar-refractivity contribution in [3.05, 3.63) is 29.1 Å². The minimum absolute atomic E-state index is 0.0602. The van der Waals surface area contributed by atoms with Crippen LogP contribution in [0.15, 0.2) is 12.1 Å². The molecule has 0 saturated carbocycles. The summed E-state index contributed by atoms with van der Waals surface area (Å²) in [5, 5.41) is 9.23. The zero-order chi connectivity index (χ0) is 8.43. The lowest BCUT2D eigenvalue weighted by Crippen LogP contribution is -1.88. The zero-order valence-electron chi connectivity index (χ0n) is 6.69. The molecule has 0 aliphatic rings. The van der Waals surface area contributed by atoms with Crippen molar-refractivity contribution in [3.8, 4) is 5.75 Å². The molecule has 0 bridgehead atoms. The molecule has 1 rings (SSSR count). The van der Waals surface area contributed by atoms with Crippen molar-refractivity contribution in [1.29, 1.82) is 0 Å². The number of phenols is 1. The van der Waals surface area contributed by atoms with Crippen LogP contribution in [0.5, 0.6) is 5.75 Å². The first-order valence-electron chi connectivity index (χ1n) is 3.63. The molecule has 0 amide bonds. The summed E-state index contributed by atoms with van der Waals surface area (Å²) < 4.78 is 12.6. The quantitative estimate of drug-likeness (QED) is 0.658. The normalized spacial score (nSPS) is 10.1. The fourth-order valence-electron chi connectivity index (χ4n) is 1.22.